The molecule has 2 aliphatic carbocycles. The van der Waals surface area contributed by atoms with Gasteiger partial charge >= 0.3 is 0 Å². The van der Waals surface area contributed by atoms with Crippen LogP contribution in [0.2, 0.25) is 0 Å². The maximum Gasteiger partial charge on any atom is 0.0726 e. The van der Waals surface area contributed by atoms with Gasteiger partial charge in [0.2, 0.25) is 0 Å². The molecule has 0 aromatic heterocycles. The first kappa shape index (κ1) is 33.0. The zero-order chi connectivity index (χ0) is 37.8. The first-order chi connectivity index (χ1) is 28.3. The molecule has 0 N–H and O–H groups in total. The summed E-state index contributed by atoms with van der Waals surface area (Å²) in [5.41, 5.74) is 19.2. The zero-order valence-corrected chi connectivity index (χ0v) is 31.3. The second kappa shape index (κ2) is 13.4. The molecule has 9 aromatic rings. The third-order valence-electron chi connectivity index (χ3n) is 11.8. The smallest absolute Gasteiger partial charge is 0.0726 e. The molecule has 9 aromatic carbocycles. The molecule has 0 saturated heterocycles. The summed E-state index contributed by atoms with van der Waals surface area (Å²) >= 11 is 0. The molecule has 1 unspecified atom stereocenters. The van der Waals surface area contributed by atoms with Crippen LogP contribution in [0.15, 0.2) is 231 Å². The summed E-state index contributed by atoms with van der Waals surface area (Å²) in [4.78, 5) is 4.73. The largest absolute Gasteiger partial charge is 0.311 e. The van der Waals surface area contributed by atoms with Crippen LogP contribution in [0.1, 0.15) is 22.3 Å². The van der Waals surface area contributed by atoms with E-state index in [9.17, 15) is 0 Å². The van der Waals surface area contributed by atoms with Gasteiger partial charge in [-0.25, -0.2) is 0 Å². The summed E-state index contributed by atoms with van der Waals surface area (Å²) in [6.07, 6.45) is 0. The van der Waals surface area contributed by atoms with Crippen LogP contribution in [0, 0.1) is 0 Å². The topological polar surface area (TPSA) is 6.48 Å². The van der Waals surface area contributed by atoms with Crippen molar-refractivity contribution in [3.63, 3.8) is 0 Å². The zero-order valence-electron chi connectivity index (χ0n) is 31.3. The number of para-hydroxylation sites is 4. The average Bonchev–Trinajstić information content (AvgIpc) is 3.76. The van der Waals surface area contributed by atoms with Gasteiger partial charge in [0.25, 0.3) is 0 Å². The monoisotopic (exact) mass is 726 g/mol. The maximum atomic E-state index is 2.47. The molecule has 11 rings (SSSR count). The van der Waals surface area contributed by atoms with Crippen LogP contribution in [0.5, 0.6) is 0 Å². The van der Waals surface area contributed by atoms with Gasteiger partial charge in [-0.2, -0.15) is 0 Å². The van der Waals surface area contributed by atoms with Gasteiger partial charge in [-0.1, -0.05) is 158 Å². The Bertz CT molecular complexity index is 2810. The SMILES string of the molecule is c1ccc(N(c2ccccc2)c2ccc(-c3ccc4c(c3)C3(c5ccccc5-4)c4ccccc4-c4c(N(c5ccccc5)c5ccccc5)cccc43)cc2)cc1. The molecule has 0 saturated carbocycles. The van der Waals surface area contributed by atoms with Crippen LogP contribution < -0.4 is 9.80 Å². The van der Waals surface area contributed by atoms with E-state index in [0.29, 0.717) is 0 Å². The molecule has 2 heteroatoms. The fourth-order valence-electron chi connectivity index (χ4n) is 9.52. The van der Waals surface area contributed by atoms with Crippen LogP contribution in [0.4, 0.5) is 34.1 Å². The van der Waals surface area contributed by atoms with Crippen molar-refractivity contribution in [2.75, 3.05) is 9.80 Å². The number of hydrogen-bond donors (Lipinski definition) is 0. The minimum Gasteiger partial charge on any atom is -0.311 e. The predicted octanol–water partition coefficient (Wildman–Crippen LogP) is 14.6. The lowest BCUT2D eigenvalue weighted by atomic mass is 9.70. The Kier molecular flexibility index (Phi) is 7.75. The van der Waals surface area contributed by atoms with E-state index in [2.05, 4.69) is 240 Å². The molecule has 0 bridgehead atoms. The van der Waals surface area contributed by atoms with Gasteiger partial charge in [-0.05, 0) is 123 Å². The van der Waals surface area contributed by atoms with Crippen molar-refractivity contribution in [3.8, 4) is 33.4 Å². The molecular weight excluding hydrogens is 689 g/mol. The number of nitrogens with zero attached hydrogens (tertiary/aromatic N) is 2. The standard InChI is InChI=1S/C55H38N2/c1-5-18-41(19-6-1)56(42-20-7-2-8-21-42)45-35-32-39(33-36-45)40-34-37-47-46-26-13-15-28-49(46)55(52(47)38-40)50-29-16-14-27-48(50)54-51(55)30-17-31-53(54)57(43-22-9-3-10-23-43)44-24-11-4-12-25-44/h1-38H. The molecule has 0 aliphatic heterocycles. The first-order valence-corrected chi connectivity index (χ1v) is 19.7. The van der Waals surface area contributed by atoms with E-state index in [1.165, 1.54) is 61.3 Å². The molecule has 0 heterocycles. The normalized spacial score (nSPS) is 14.4. The predicted molar refractivity (Wildman–Crippen MR) is 238 cm³/mol. The highest BCUT2D eigenvalue weighted by Crippen LogP contribution is 2.65. The molecular formula is C55H38N2. The van der Waals surface area contributed by atoms with Crippen molar-refractivity contribution in [2.45, 2.75) is 5.41 Å². The molecule has 0 fully saturated rings. The van der Waals surface area contributed by atoms with Crippen molar-refractivity contribution >= 4 is 34.1 Å². The highest BCUT2D eigenvalue weighted by Gasteiger charge is 2.52. The van der Waals surface area contributed by atoms with Crippen LogP contribution in [-0.4, -0.2) is 0 Å². The second-order valence-electron chi connectivity index (χ2n) is 14.9. The van der Waals surface area contributed by atoms with Gasteiger partial charge in [0.05, 0.1) is 11.1 Å². The minimum absolute atomic E-state index is 0.486. The molecule has 1 atom stereocenters. The minimum atomic E-state index is -0.486. The van der Waals surface area contributed by atoms with Crippen LogP contribution in [0.25, 0.3) is 33.4 Å². The highest BCUT2D eigenvalue weighted by atomic mass is 15.1. The number of benzene rings is 9. The van der Waals surface area contributed by atoms with E-state index < -0.39 is 5.41 Å². The fourth-order valence-corrected chi connectivity index (χ4v) is 9.52. The Balaban J connectivity index is 1.10. The Morgan fingerprint density at radius 3 is 1.26 bits per heavy atom. The number of anilines is 6. The van der Waals surface area contributed by atoms with Gasteiger partial charge in [0.15, 0.2) is 0 Å². The Morgan fingerprint density at radius 2 is 0.684 bits per heavy atom. The van der Waals surface area contributed by atoms with Gasteiger partial charge in [-0.3, -0.25) is 0 Å². The van der Waals surface area contributed by atoms with Crippen LogP contribution in [-0.2, 0) is 5.41 Å². The van der Waals surface area contributed by atoms with E-state index in [-0.39, 0.29) is 0 Å². The lowest BCUT2D eigenvalue weighted by Gasteiger charge is -2.32. The lowest BCUT2D eigenvalue weighted by molar-refractivity contribution is 0.794. The van der Waals surface area contributed by atoms with E-state index in [1.807, 2.05) is 0 Å². The van der Waals surface area contributed by atoms with E-state index in [0.717, 1.165) is 28.4 Å². The molecule has 268 valence electrons. The van der Waals surface area contributed by atoms with Crippen LogP contribution in [0.3, 0.4) is 0 Å². The van der Waals surface area contributed by atoms with Crippen molar-refractivity contribution in [2.24, 2.45) is 0 Å². The Morgan fingerprint density at radius 1 is 0.263 bits per heavy atom. The molecule has 2 nitrogen and oxygen atoms in total. The molecule has 1 spiro atoms. The number of fused-ring (bicyclic) bond motifs is 10. The number of rotatable bonds is 7. The summed E-state index contributed by atoms with van der Waals surface area (Å²) in [5, 5.41) is 0. The van der Waals surface area contributed by atoms with Crippen molar-refractivity contribution < 1.29 is 0 Å². The highest BCUT2D eigenvalue weighted by molar-refractivity contribution is 6.01. The van der Waals surface area contributed by atoms with Crippen molar-refractivity contribution in [3.05, 3.63) is 253 Å². The molecule has 2 aliphatic rings. The Hall–Kier alpha value is -7.42. The second-order valence-corrected chi connectivity index (χ2v) is 14.9. The molecule has 0 radical (unpaired) electrons. The summed E-state index contributed by atoms with van der Waals surface area (Å²) in [6, 6.07) is 84.0. The summed E-state index contributed by atoms with van der Waals surface area (Å²) < 4.78 is 0. The van der Waals surface area contributed by atoms with E-state index in [4.69, 9.17) is 0 Å². The van der Waals surface area contributed by atoms with Crippen molar-refractivity contribution in [1.29, 1.82) is 0 Å². The van der Waals surface area contributed by atoms with E-state index >= 15 is 0 Å². The van der Waals surface area contributed by atoms with Crippen molar-refractivity contribution in [1.82, 2.24) is 0 Å². The first-order valence-electron chi connectivity index (χ1n) is 19.7. The Labute approximate surface area is 334 Å². The summed E-state index contributed by atoms with van der Waals surface area (Å²) in [5.74, 6) is 0. The third-order valence-corrected chi connectivity index (χ3v) is 11.8. The average molecular weight is 727 g/mol. The fraction of sp³-hybridized carbons (Fsp3) is 0.0182. The number of hydrogen-bond acceptors (Lipinski definition) is 2. The van der Waals surface area contributed by atoms with Gasteiger partial charge in [-0.15, -0.1) is 0 Å². The van der Waals surface area contributed by atoms with Gasteiger partial charge < -0.3 is 9.80 Å². The van der Waals surface area contributed by atoms with Gasteiger partial charge in [0.1, 0.15) is 0 Å². The lowest BCUT2D eigenvalue weighted by Crippen LogP contribution is -2.26. The maximum absolute atomic E-state index is 2.47. The summed E-state index contributed by atoms with van der Waals surface area (Å²) in [6.45, 7) is 0. The summed E-state index contributed by atoms with van der Waals surface area (Å²) in [7, 11) is 0. The quantitative estimate of drug-likeness (QED) is 0.161. The van der Waals surface area contributed by atoms with Gasteiger partial charge in [0, 0.05) is 34.0 Å². The third kappa shape index (κ3) is 5.11. The molecule has 0 amide bonds. The van der Waals surface area contributed by atoms with Crippen LogP contribution >= 0.6 is 0 Å². The molecule has 57 heavy (non-hydrogen) atoms. The van der Waals surface area contributed by atoms with E-state index in [1.54, 1.807) is 0 Å².